The van der Waals surface area contributed by atoms with Crippen molar-refractivity contribution in [1.29, 1.82) is 0 Å². The summed E-state index contributed by atoms with van der Waals surface area (Å²) in [5.41, 5.74) is 2.06. The number of hydrogen-bond acceptors (Lipinski definition) is 3. The summed E-state index contributed by atoms with van der Waals surface area (Å²) in [7, 11) is -3.69. The topological polar surface area (TPSA) is 83.5 Å². The van der Waals surface area contributed by atoms with Crippen LogP contribution in [0.5, 0.6) is 0 Å². The second-order valence-electron chi connectivity index (χ2n) is 4.76. The van der Waals surface area contributed by atoms with E-state index in [2.05, 4.69) is 4.72 Å². The summed E-state index contributed by atoms with van der Waals surface area (Å²) < 4.78 is 27.1. The van der Waals surface area contributed by atoms with Gasteiger partial charge in [0, 0.05) is 5.69 Å². The SMILES string of the molecule is Cc1ccc(S(=O)(=O)Nc2ccc(C(=O)O)cc2)c(C)c1. The number of anilines is 1. The van der Waals surface area contributed by atoms with E-state index in [9.17, 15) is 13.2 Å². The van der Waals surface area contributed by atoms with Gasteiger partial charge < -0.3 is 5.11 Å². The normalized spacial score (nSPS) is 11.1. The van der Waals surface area contributed by atoms with Gasteiger partial charge in [0.15, 0.2) is 0 Å². The first kappa shape index (κ1) is 15.1. The van der Waals surface area contributed by atoms with E-state index in [0.717, 1.165) is 5.56 Å². The van der Waals surface area contributed by atoms with Crippen LogP contribution in [0, 0.1) is 13.8 Å². The lowest BCUT2D eigenvalue weighted by molar-refractivity contribution is 0.0697. The molecular weight excluding hydrogens is 290 g/mol. The summed E-state index contributed by atoms with van der Waals surface area (Å²) in [6, 6.07) is 10.6. The van der Waals surface area contributed by atoms with Crippen LogP contribution in [-0.4, -0.2) is 19.5 Å². The van der Waals surface area contributed by atoms with E-state index >= 15 is 0 Å². The second kappa shape index (κ2) is 5.57. The highest BCUT2D eigenvalue weighted by atomic mass is 32.2. The van der Waals surface area contributed by atoms with Crippen LogP contribution in [0.4, 0.5) is 5.69 Å². The Kier molecular flexibility index (Phi) is 3.99. The van der Waals surface area contributed by atoms with Crippen LogP contribution < -0.4 is 4.72 Å². The van der Waals surface area contributed by atoms with Gasteiger partial charge in [-0.2, -0.15) is 0 Å². The number of carboxylic acid groups (broad SMARTS) is 1. The Balaban J connectivity index is 2.30. The minimum absolute atomic E-state index is 0.101. The number of sulfonamides is 1. The molecule has 2 aromatic carbocycles. The molecule has 0 radical (unpaired) electrons. The first-order chi connectivity index (χ1) is 9.79. The quantitative estimate of drug-likeness (QED) is 0.909. The molecule has 0 saturated heterocycles. The third-order valence-corrected chi connectivity index (χ3v) is 4.55. The Bertz CT molecular complexity index is 780. The van der Waals surface area contributed by atoms with Crippen LogP contribution >= 0.6 is 0 Å². The molecule has 0 aliphatic rings. The maximum Gasteiger partial charge on any atom is 0.335 e. The molecule has 2 aromatic rings. The van der Waals surface area contributed by atoms with E-state index in [1.165, 1.54) is 24.3 Å². The van der Waals surface area contributed by atoms with Crippen LogP contribution in [-0.2, 0) is 10.0 Å². The molecule has 0 aliphatic carbocycles. The smallest absolute Gasteiger partial charge is 0.335 e. The van der Waals surface area contributed by atoms with Crippen molar-refractivity contribution in [3.05, 3.63) is 59.2 Å². The van der Waals surface area contributed by atoms with Gasteiger partial charge in [-0.05, 0) is 49.7 Å². The number of aryl methyl sites for hydroxylation is 2. The van der Waals surface area contributed by atoms with Crippen molar-refractivity contribution >= 4 is 21.7 Å². The molecule has 0 bridgehead atoms. The van der Waals surface area contributed by atoms with Crippen molar-refractivity contribution in [2.24, 2.45) is 0 Å². The van der Waals surface area contributed by atoms with Crippen LogP contribution in [0.2, 0.25) is 0 Å². The fourth-order valence-electron chi connectivity index (χ4n) is 1.99. The van der Waals surface area contributed by atoms with Gasteiger partial charge in [0.05, 0.1) is 10.5 Å². The molecule has 2 N–H and O–H groups in total. The van der Waals surface area contributed by atoms with Crippen LogP contribution in [0.15, 0.2) is 47.4 Å². The minimum Gasteiger partial charge on any atom is -0.478 e. The lowest BCUT2D eigenvalue weighted by Gasteiger charge is -2.11. The summed E-state index contributed by atoms with van der Waals surface area (Å²) in [4.78, 5) is 11.0. The lowest BCUT2D eigenvalue weighted by Crippen LogP contribution is -2.14. The average Bonchev–Trinajstić information content (AvgIpc) is 2.38. The van der Waals surface area contributed by atoms with E-state index in [1.807, 2.05) is 6.92 Å². The summed E-state index contributed by atoms with van der Waals surface area (Å²) in [5.74, 6) is -1.06. The molecule has 0 atom stereocenters. The third-order valence-electron chi connectivity index (χ3n) is 3.00. The molecule has 2 rings (SSSR count). The molecule has 6 heteroatoms. The van der Waals surface area contributed by atoms with Crippen molar-refractivity contribution in [3.63, 3.8) is 0 Å². The highest BCUT2D eigenvalue weighted by Gasteiger charge is 2.17. The van der Waals surface area contributed by atoms with Gasteiger partial charge in [-0.1, -0.05) is 17.7 Å². The molecule has 0 saturated carbocycles. The van der Waals surface area contributed by atoms with Gasteiger partial charge in [0.2, 0.25) is 0 Å². The molecule has 5 nitrogen and oxygen atoms in total. The molecule has 21 heavy (non-hydrogen) atoms. The van der Waals surface area contributed by atoms with Gasteiger partial charge in [-0.3, -0.25) is 4.72 Å². The maximum absolute atomic E-state index is 12.3. The van der Waals surface area contributed by atoms with Gasteiger partial charge >= 0.3 is 5.97 Å². The molecule has 0 aromatic heterocycles. The number of hydrogen-bond donors (Lipinski definition) is 2. The summed E-state index contributed by atoms with van der Waals surface area (Å²) in [6.07, 6.45) is 0. The van der Waals surface area contributed by atoms with Crippen LogP contribution in [0.3, 0.4) is 0 Å². The number of carboxylic acids is 1. The van der Waals surface area contributed by atoms with Gasteiger partial charge in [0.25, 0.3) is 10.0 Å². The minimum atomic E-state index is -3.69. The van der Waals surface area contributed by atoms with Gasteiger partial charge in [-0.25, -0.2) is 13.2 Å². The Morgan fingerprint density at radius 3 is 2.19 bits per heavy atom. The zero-order valence-corrected chi connectivity index (χ0v) is 12.4. The molecule has 110 valence electrons. The fourth-order valence-corrected chi connectivity index (χ4v) is 3.28. The highest BCUT2D eigenvalue weighted by molar-refractivity contribution is 7.92. The zero-order chi connectivity index (χ0) is 15.6. The van der Waals surface area contributed by atoms with E-state index in [4.69, 9.17) is 5.11 Å². The summed E-state index contributed by atoms with van der Waals surface area (Å²) in [5, 5.41) is 8.81. The Morgan fingerprint density at radius 2 is 1.67 bits per heavy atom. The van der Waals surface area contributed by atoms with E-state index in [-0.39, 0.29) is 10.5 Å². The van der Waals surface area contributed by atoms with Crippen molar-refractivity contribution in [2.75, 3.05) is 4.72 Å². The van der Waals surface area contributed by atoms with Gasteiger partial charge in [-0.15, -0.1) is 0 Å². The largest absolute Gasteiger partial charge is 0.478 e. The summed E-state index contributed by atoms with van der Waals surface area (Å²) in [6.45, 7) is 3.62. The highest BCUT2D eigenvalue weighted by Crippen LogP contribution is 2.20. The van der Waals surface area contributed by atoms with Crippen molar-refractivity contribution in [1.82, 2.24) is 0 Å². The number of carbonyl (C=O) groups is 1. The van der Waals surface area contributed by atoms with Crippen LogP contribution in [0.25, 0.3) is 0 Å². The van der Waals surface area contributed by atoms with Gasteiger partial charge in [0.1, 0.15) is 0 Å². The zero-order valence-electron chi connectivity index (χ0n) is 11.6. The Hall–Kier alpha value is -2.34. The number of nitrogens with one attached hydrogen (secondary N) is 1. The second-order valence-corrected chi connectivity index (χ2v) is 6.41. The number of benzene rings is 2. The number of aromatic carboxylic acids is 1. The standard InChI is InChI=1S/C15H15NO4S/c1-10-3-8-14(11(2)9-10)21(19,20)16-13-6-4-12(5-7-13)15(17)18/h3-9,16H,1-2H3,(H,17,18). The van der Waals surface area contributed by atoms with E-state index in [0.29, 0.717) is 11.3 Å². The molecule has 0 spiro atoms. The predicted molar refractivity (Wildman–Crippen MR) is 80.1 cm³/mol. The molecule has 0 amide bonds. The van der Waals surface area contributed by atoms with E-state index < -0.39 is 16.0 Å². The predicted octanol–water partition coefficient (Wildman–Crippen LogP) is 2.80. The van der Waals surface area contributed by atoms with Crippen LogP contribution in [0.1, 0.15) is 21.5 Å². The average molecular weight is 305 g/mol. The first-order valence-electron chi connectivity index (χ1n) is 6.23. The number of rotatable bonds is 4. The summed E-state index contributed by atoms with van der Waals surface area (Å²) >= 11 is 0. The molecule has 0 aliphatic heterocycles. The van der Waals surface area contributed by atoms with Crippen molar-refractivity contribution < 1.29 is 18.3 Å². The Morgan fingerprint density at radius 1 is 1.05 bits per heavy atom. The van der Waals surface area contributed by atoms with E-state index in [1.54, 1.807) is 25.1 Å². The fraction of sp³-hybridized carbons (Fsp3) is 0.133. The molecule has 0 fully saturated rings. The maximum atomic E-state index is 12.3. The monoisotopic (exact) mass is 305 g/mol. The molecular formula is C15H15NO4S. The van der Waals surface area contributed by atoms with Crippen molar-refractivity contribution in [3.8, 4) is 0 Å². The Labute approximate surface area is 123 Å². The molecule has 0 heterocycles. The van der Waals surface area contributed by atoms with Crippen molar-refractivity contribution in [2.45, 2.75) is 18.7 Å². The lowest BCUT2D eigenvalue weighted by atomic mass is 10.2. The first-order valence-corrected chi connectivity index (χ1v) is 7.71. The third kappa shape index (κ3) is 3.41. The molecule has 0 unspecified atom stereocenters.